The Morgan fingerprint density at radius 1 is 1.06 bits per heavy atom. The molecule has 0 aliphatic carbocycles. The van der Waals surface area contributed by atoms with E-state index in [-0.39, 0.29) is 18.2 Å². The first-order chi connectivity index (χ1) is 15.2. The smallest absolute Gasteiger partial charge is 0.194 e. The molecule has 7 heteroatoms. The second kappa shape index (κ2) is 11.3. The van der Waals surface area contributed by atoms with Crippen molar-refractivity contribution in [3.63, 3.8) is 0 Å². The molecule has 0 bridgehead atoms. The van der Waals surface area contributed by atoms with Crippen LogP contribution in [0, 0.1) is 6.92 Å². The first-order valence-electron chi connectivity index (χ1n) is 11.9. The third-order valence-corrected chi connectivity index (χ3v) is 6.47. The standard InChI is InChI=1S/C24H38N4O3/c1-3-25-24(28-12-16-31-23(18-28)22-5-4-13-30-22)26-17-21(27-10-14-29-15-11-27)20-8-6-19(2)7-9-20/h6-9,21-23H,3-5,10-18H2,1-2H3,(H,25,26). The van der Waals surface area contributed by atoms with Gasteiger partial charge in [-0.15, -0.1) is 0 Å². The zero-order valence-corrected chi connectivity index (χ0v) is 19.1. The fourth-order valence-electron chi connectivity index (χ4n) is 4.70. The van der Waals surface area contributed by atoms with Crippen LogP contribution in [0.4, 0.5) is 0 Å². The number of nitrogens with one attached hydrogen (secondary N) is 1. The summed E-state index contributed by atoms with van der Waals surface area (Å²) in [7, 11) is 0. The molecule has 3 unspecified atom stereocenters. The highest BCUT2D eigenvalue weighted by molar-refractivity contribution is 5.80. The lowest BCUT2D eigenvalue weighted by Crippen LogP contribution is -2.53. The van der Waals surface area contributed by atoms with Gasteiger partial charge in [-0.1, -0.05) is 29.8 Å². The van der Waals surface area contributed by atoms with Crippen LogP contribution in [0.15, 0.2) is 29.3 Å². The van der Waals surface area contributed by atoms with Crippen LogP contribution in [0.5, 0.6) is 0 Å². The molecule has 1 N–H and O–H groups in total. The molecular weight excluding hydrogens is 392 g/mol. The molecule has 31 heavy (non-hydrogen) atoms. The van der Waals surface area contributed by atoms with Gasteiger partial charge < -0.3 is 24.4 Å². The predicted molar refractivity (Wildman–Crippen MR) is 123 cm³/mol. The van der Waals surface area contributed by atoms with E-state index in [1.807, 2.05) is 0 Å². The SMILES string of the molecule is CCNC(=NCC(c1ccc(C)cc1)N1CCOCC1)N1CCOC(C2CCCO2)C1. The number of aryl methyl sites for hydroxylation is 1. The van der Waals surface area contributed by atoms with Crippen molar-refractivity contribution in [1.29, 1.82) is 0 Å². The van der Waals surface area contributed by atoms with Crippen molar-refractivity contribution in [1.82, 2.24) is 15.1 Å². The van der Waals surface area contributed by atoms with Crippen LogP contribution in [0.25, 0.3) is 0 Å². The number of benzene rings is 1. The van der Waals surface area contributed by atoms with E-state index < -0.39 is 0 Å². The molecule has 0 amide bonds. The van der Waals surface area contributed by atoms with Crippen molar-refractivity contribution in [3.05, 3.63) is 35.4 Å². The summed E-state index contributed by atoms with van der Waals surface area (Å²) >= 11 is 0. The molecule has 3 atom stereocenters. The van der Waals surface area contributed by atoms with E-state index in [2.05, 4.69) is 53.2 Å². The molecule has 3 fully saturated rings. The van der Waals surface area contributed by atoms with Crippen molar-refractivity contribution in [2.24, 2.45) is 4.99 Å². The van der Waals surface area contributed by atoms with Crippen molar-refractivity contribution in [3.8, 4) is 0 Å². The van der Waals surface area contributed by atoms with E-state index in [9.17, 15) is 0 Å². The van der Waals surface area contributed by atoms with E-state index >= 15 is 0 Å². The number of hydrogen-bond donors (Lipinski definition) is 1. The molecule has 0 spiro atoms. The normalized spacial score (nSPS) is 26.8. The Balaban J connectivity index is 1.49. The maximum Gasteiger partial charge on any atom is 0.194 e. The first-order valence-corrected chi connectivity index (χ1v) is 11.9. The van der Waals surface area contributed by atoms with Crippen molar-refractivity contribution in [2.75, 3.05) is 65.7 Å². The second-order valence-electron chi connectivity index (χ2n) is 8.68. The zero-order chi connectivity index (χ0) is 21.5. The highest BCUT2D eigenvalue weighted by atomic mass is 16.5. The second-order valence-corrected chi connectivity index (χ2v) is 8.68. The average molecular weight is 431 g/mol. The number of nitrogens with zero attached hydrogens (tertiary/aromatic N) is 3. The Bertz CT molecular complexity index is 699. The maximum absolute atomic E-state index is 6.05. The summed E-state index contributed by atoms with van der Waals surface area (Å²) in [6.45, 7) is 12.6. The first kappa shape index (κ1) is 22.5. The molecule has 0 aromatic heterocycles. The highest BCUT2D eigenvalue weighted by Gasteiger charge is 2.32. The number of rotatable bonds is 6. The molecule has 3 aliphatic heterocycles. The number of guanidine groups is 1. The maximum atomic E-state index is 6.05. The molecule has 4 rings (SSSR count). The lowest BCUT2D eigenvalue weighted by molar-refractivity contribution is -0.0817. The quantitative estimate of drug-likeness (QED) is 0.552. The summed E-state index contributed by atoms with van der Waals surface area (Å²) in [6, 6.07) is 9.16. The van der Waals surface area contributed by atoms with E-state index in [0.29, 0.717) is 0 Å². The van der Waals surface area contributed by atoms with Gasteiger partial charge in [0.25, 0.3) is 0 Å². The van der Waals surface area contributed by atoms with Crippen LogP contribution in [-0.2, 0) is 14.2 Å². The zero-order valence-electron chi connectivity index (χ0n) is 19.1. The number of hydrogen-bond acceptors (Lipinski definition) is 5. The predicted octanol–water partition coefficient (Wildman–Crippen LogP) is 2.21. The van der Waals surface area contributed by atoms with Crippen molar-refractivity contribution >= 4 is 5.96 Å². The Hall–Kier alpha value is -1.67. The Kier molecular flexibility index (Phi) is 8.19. The summed E-state index contributed by atoms with van der Waals surface area (Å²) < 4.78 is 17.5. The summed E-state index contributed by atoms with van der Waals surface area (Å²) in [5.41, 5.74) is 2.61. The molecule has 3 aliphatic rings. The van der Waals surface area contributed by atoms with Gasteiger partial charge in [0, 0.05) is 39.3 Å². The molecule has 1 aromatic rings. The van der Waals surface area contributed by atoms with Gasteiger partial charge in [0.15, 0.2) is 5.96 Å². The molecule has 0 saturated carbocycles. The van der Waals surface area contributed by atoms with E-state index in [1.54, 1.807) is 0 Å². The summed E-state index contributed by atoms with van der Waals surface area (Å²) in [6.07, 6.45) is 2.58. The molecular formula is C24H38N4O3. The van der Waals surface area contributed by atoms with Gasteiger partial charge in [-0.05, 0) is 32.3 Å². The lowest BCUT2D eigenvalue weighted by Gasteiger charge is -2.38. The minimum absolute atomic E-state index is 0.132. The number of aliphatic imine (C=N–C) groups is 1. The fourth-order valence-corrected chi connectivity index (χ4v) is 4.70. The third kappa shape index (κ3) is 5.98. The van der Waals surface area contributed by atoms with Crippen LogP contribution in [-0.4, -0.2) is 93.7 Å². The third-order valence-electron chi connectivity index (χ3n) is 6.47. The van der Waals surface area contributed by atoms with Gasteiger partial charge in [-0.25, -0.2) is 0 Å². The van der Waals surface area contributed by atoms with Gasteiger partial charge in [-0.3, -0.25) is 9.89 Å². The van der Waals surface area contributed by atoms with Crippen LogP contribution >= 0.6 is 0 Å². The van der Waals surface area contributed by atoms with Crippen LogP contribution < -0.4 is 5.32 Å². The van der Waals surface area contributed by atoms with Crippen LogP contribution in [0.2, 0.25) is 0 Å². The van der Waals surface area contributed by atoms with Gasteiger partial charge in [0.2, 0.25) is 0 Å². The van der Waals surface area contributed by atoms with Crippen LogP contribution in [0.3, 0.4) is 0 Å². The summed E-state index contributed by atoms with van der Waals surface area (Å²) in [5.74, 6) is 0.985. The molecule has 172 valence electrons. The molecule has 7 nitrogen and oxygen atoms in total. The van der Waals surface area contributed by atoms with E-state index in [1.165, 1.54) is 11.1 Å². The molecule has 0 radical (unpaired) electrons. The Morgan fingerprint density at radius 2 is 1.84 bits per heavy atom. The van der Waals surface area contributed by atoms with Gasteiger partial charge in [-0.2, -0.15) is 0 Å². The lowest BCUT2D eigenvalue weighted by atomic mass is 10.0. The minimum Gasteiger partial charge on any atom is -0.379 e. The van der Waals surface area contributed by atoms with Gasteiger partial charge in [0.05, 0.1) is 38.5 Å². The van der Waals surface area contributed by atoms with Crippen molar-refractivity contribution in [2.45, 2.75) is 44.9 Å². The van der Waals surface area contributed by atoms with Gasteiger partial charge in [0.1, 0.15) is 6.10 Å². The average Bonchev–Trinajstić information content (AvgIpc) is 3.36. The minimum atomic E-state index is 0.132. The van der Waals surface area contributed by atoms with Gasteiger partial charge >= 0.3 is 0 Å². The monoisotopic (exact) mass is 430 g/mol. The van der Waals surface area contributed by atoms with Crippen LogP contribution in [0.1, 0.15) is 36.9 Å². The Morgan fingerprint density at radius 3 is 2.55 bits per heavy atom. The summed E-state index contributed by atoms with van der Waals surface area (Å²) in [5, 5.41) is 3.52. The molecule has 3 saturated heterocycles. The largest absolute Gasteiger partial charge is 0.379 e. The number of ether oxygens (including phenoxy) is 3. The molecule has 1 aromatic carbocycles. The fraction of sp³-hybridized carbons (Fsp3) is 0.708. The Labute approximate surface area is 186 Å². The van der Waals surface area contributed by atoms with E-state index in [4.69, 9.17) is 19.2 Å². The number of morpholine rings is 2. The topological polar surface area (TPSA) is 58.6 Å². The van der Waals surface area contributed by atoms with E-state index in [0.717, 1.165) is 84.5 Å². The summed E-state index contributed by atoms with van der Waals surface area (Å²) in [4.78, 5) is 9.99. The van der Waals surface area contributed by atoms with Crippen molar-refractivity contribution < 1.29 is 14.2 Å². The highest BCUT2D eigenvalue weighted by Crippen LogP contribution is 2.24. The molecule has 3 heterocycles.